The van der Waals surface area contributed by atoms with Crippen LogP contribution in [-0.2, 0) is 20.9 Å². The summed E-state index contributed by atoms with van der Waals surface area (Å²) < 4.78 is 0. The topological polar surface area (TPSA) is 43.9 Å². The summed E-state index contributed by atoms with van der Waals surface area (Å²) in [7, 11) is 0. The zero-order valence-electron chi connectivity index (χ0n) is 21.5. The monoisotopic (exact) mass is 511 g/mol. The van der Waals surface area contributed by atoms with Crippen molar-refractivity contribution in [1.29, 1.82) is 0 Å². The maximum absolute atomic E-state index is 14.3. The summed E-state index contributed by atoms with van der Waals surface area (Å²) in [4.78, 5) is 32.7. The average molecular weight is 512 g/mol. The van der Waals surface area contributed by atoms with E-state index in [1.54, 1.807) is 4.90 Å². The van der Waals surface area contributed by atoms with Gasteiger partial charge in [-0.1, -0.05) is 54.6 Å². The van der Waals surface area contributed by atoms with Gasteiger partial charge in [-0.25, -0.2) is 0 Å². The van der Waals surface area contributed by atoms with Gasteiger partial charge in [0.2, 0.25) is 10.8 Å². The largest absolute Gasteiger partial charge is 0.295 e. The number of hydrogen-bond donors (Lipinski definition) is 0. The Morgan fingerprint density at radius 3 is 2.30 bits per heavy atom. The van der Waals surface area contributed by atoms with Crippen LogP contribution >= 0.6 is 11.8 Å². The molecule has 0 radical (unpaired) electrons. The quantitative estimate of drug-likeness (QED) is 0.454. The Morgan fingerprint density at radius 1 is 0.892 bits per heavy atom. The first kappa shape index (κ1) is 24.3. The zero-order valence-corrected chi connectivity index (χ0v) is 22.3. The molecule has 0 bridgehead atoms. The number of nitrogens with zero attached hydrogens (tertiary/aromatic N) is 3. The molecule has 3 heterocycles. The molecule has 6 heteroatoms. The minimum Gasteiger partial charge on any atom is -0.295 e. The van der Waals surface area contributed by atoms with Gasteiger partial charge in [-0.2, -0.15) is 0 Å². The van der Waals surface area contributed by atoms with E-state index in [0.29, 0.717) is 18.3 Å². The van der Waals surface area contributed by atoms with Gasteiger partial charge in [0, 0.05) is 24.3 Å². The van der Waals surface area contributed by atoms with Crippen LogP contribution in [0.4, 0.5) is 11.4 Å². The van der Waals surface area contributed by atoms with Crippen molar-refractivity contribution in [1.82, 2.24) is 4.90 Å². The minimum atomic E-state index is -1.04. The van der Waals surface area contributed by atoms with Crippen LogP contribution in [0.25, 0.3) is 0 Å². The summed E-state index contributed by atoms with van der Waals surface area (Å²) in [5.41, 5.74) is 6.23. The second-order valence-corrected chi connectivity index (χ2v) is 11.8. The summed E-state index contributed by atoms with van der Waals surface area (Å²) >= 11 is 1.46. The molecule has 3 aliphatic heterocycles. The van der Waals surface area contributed by atoms with E-state index < -0.39 is 4.87 Å². The van der Waals surface area contributed by atoms with E-state index in [0.717, 1.165) is 60.4 Å². The summed E-state index contributed by atoms with van der Waals surface area (Å²) in [6.45, 7) is 6.59. The number of para-hydroxylation sites is 1. The van der Waals surface area contributed by atoms with Crippen molar-refractivity contribution in [2.24, 2.45) is 5.92 Å². The molecule has 0 saturated carbocycles. The second-order valence-electron chi connectivity index (χ2n) is 10.7. The number of fused-ring (bicyclic) bond motifs is 2. The molecule has 3 aromatic carbocycles. The highest BCUT2D eigenvalue weighted by Gasteiger charge is 2.61. The first-order chi connectivity index (χ1) is 18.0. The summed E-state index contributed by atoms with van der Waals surface area (Å²) in [5.74, 6) is 0.956. The fourth-order valence-corrected chi connectivity index (χ4v) is 7.61. The maximum Gasteiger partial charge on any atom is 0.269 e. The number of thioether (sulfide) groups is 1. The standard InChI is InChI=1S/C31H33N3O2S/c1-22-16-23(2)18-26(17-22)34-29(35)20-37-31(34)27-10-6-7-11-28(27)33(30(31)36)21-32-14-12-25(13-15-32)19-24-8-4-3-5-9-24/h3-11,16-18,25H,12-15,19-21H2,1-2H3/t31-/m1/s1. The molecular weight excluding hydrogens is 478 g/mol. The average Bonchev–Trinajstić information content (AvgIpc) is 3.36. The van der Waals surface area contributed by atoms with E-state index in [9.17, 15) is 9.59 Å². The molecule has 0 aliphatic carbocycles. The molecule has 5 nitrogen and oxygen atoms in total. The lowest BCUT2D eigenvalue weighted by Crippen LogP contribution is -2.52. The number of rotatable bonds is 5. The molecular formula is C31H33N3O2S. The van der Waals surface area contributed by atoms with E-state index in [-0.39, 0.29) is 11.8 Å². The van der Waals surface area contributed by atoms with Crippen molar-refractivity contribution >= 4 is 35.0 Å². The van der Waals surface area contributed by atoms with Crippen molar-refractivity contribution in [2.75, 3.05) is 35.3 Å². The number of benzene rings is 3. The highest BCUT2D eigenvalue weighted by molar-refractivity contribution is 8.02. The third-order valence-electron chi connectivity index (χ3n) is 7.94. The highest BCUT2D eigenvalue weighted by atomic mass is 32.2. The van der Waals surface area contributed by atoms with Crippen LogP contribution in [0.5, 0.6) is 0 Å². The Morgan fingerprint density at radius 2 is 1.57 bits per heavy atom. The fourth-order valence-electron chi connectivity index (χ4n) is 6.25. The molecule has 1 atom stereocenters. The van der Waals surface area contributed by atoms with Crippen LogP contribution in [0.15, 0.2) is 72.8 Å². The minimum absolute atomic E-state index is 0.00452. The molecule has 2 saturated heterocycles. The molecule has 0 unspecified atom stereocenters. The van der Waals surface area contributed by atoms with E-state index >= 15 is 0 Å². The molecule has 3 aromatic rings. The summed E-state index contributed by atoms with van der Waals surface area (Å²) in [6, 6.07) is 24.9. The lowest BCUT2D eigenvalue weighted by Gasteiger charge is -2.36. The Bertz CT molecular complexity index is 1320. The van der Waals surface area contributed by atoms with E-state index in [1.165, 1.54) is 17.3 Å². The van der Waals surface area contributed by atoms with Gasteiger partial charge in [0.25, 0.3) is 5.91 Å². The molecule has 2 fully saturated rings. The van der Waals surface area contributed by atoms with E-state index in [1.807, 2.05) is 55.1 Å². The van der Waals surface area contributed by atoms with Crippen molar-refractivity contribution < 1.29 is 9.59 Å². The van der Waals surface area contributed by atoms with Crippen LogP contribution < -0.4 is 9.80 Å². The second kappa shape index (κ2) is 9.66. The Balaban J connectivity index is 1.25. The Kier molecular flexibility index (Phi) is 6.33. The number of aryl methyl sites for hydroxylation is 2. The van der Waals surface area contributed by atoms with Crippen molar-refractivity contribution in [2.45, 2.75) is 38.0 Å². The van der Waals surface area contributed by atoms with Gasteiger partial charge in [-0.05, 0) is 73.9 Å². The van der Waals surface area contributed by atoms with Gasteiger partial charge in [0.15, 0.2) is 0 Å². The molecule has 1 spiro atoms. The van der Waals surface area contributed by atoms with Gasteiger partial charge in [0.1, 0.15) is 0 Å². The molecule has 0 N–H and O–H groups in total. The van der Waals surface area contributed by atoms with Crippen LogP contribution in [0.1, 0.15) is 35.1 Å². The van der Waals surface area contributed by atoms with Gasteiger partial charge >= 0.3 is 0 Å². The Hall–Kier alpha value is -3.09. The van der Waals surface area contributed by atoms with Crippen molar-refractivity contribution in [3.8, 4) is 0 Å². The molecule has 37 heavy (non-hydrogen) atoms. The summed E-state index contributed by atoms with van der Waals surface area (Å²) in [6.07, 6.45) is 3.38. The van der Waals surface area contributed by atoms with Crippen LogP contribution in [-0.4, -0.2) is 42.2 Å². The van der Waals surface area contributed by atoms with Crippen LogP contribution in [0.2, 0.25) is 0 Å². The number of hydrogen-bond acceptors (Lipinski definition) is 4. The maximum atomic E-state index is 14.3. The number of carbonyl (C=O) groups is 2. The molecule has 190 valence electrons. The molecule has 6 rings (SSSR count). The number of likely N-dealkylation sites (tertiary alicyclic amines) is 1. The third-order valence-corrected chi connectivity index (χ3v) is 9.33. The smallest absolute Gasteiger partial charge is 0.269 e. The lowest BCUT2D eigenvalue weighted by atomic mass is 9.90. The predicted octanol–water partition coefficient (Wildman–Crippen LogP) is 5.50. The molecule has 0 aromatic heterocycles. The number of anilines is 2. The number of carbonyl (C=O) groups excluding carboxylic acids is 2. The first-order valence-corrected chi connectivity index (χ1v) is 14.2. The third kappa shape index (κ3) is 4.26. The predicted molar refractivity (Wildman–Crippen MR) is 151 cm³/mol. The molecule has 3 aliphatic rings. The normalized spacial score (nSPS) is 22.3. The summed E-state index contributed by atoms with van der Waals surface area (Å²) in [5, 5.41) is 0. The van der Waals surface area contributed by atoms with E-state index in [4.69, 9.17) is 0 Å². The van der Waals surface area contributed by atoms with Gasteiger partial charge in [0.05, 0.1) is 18.1 Å². The lowest BCUT2D eigenvalue weighted by molar-refractivity contribution is -0.124. The SMILES string of the molecule is Cc1cc(C)cc(N2C(=O)CS[C@]23C(=O)N(CN2CCC(Cc4ccccc4)CC2)c2ccccc23)c1. The first-order valence-electron chi connectivity index (χ1n) is 13.2. The number of piperidine rings is 1. The van der Waals surface area contributed by atoms with Crippen LogP contribution in [0.3, 0.4) is 0 Å². The fraction of sp³-hybridized carbons (Fsp3) is 0.355. The van der Waals surface area contributed by atoms with Gasteiger partial charge < -0.3 is 0 Å². The van der Waals surface area contributed by atoms with Crippen molar-refractivity contribution in [3.63, 3.8) is 0 Å². The Labute approximate surface area is 223 Å². The number of amides is 2. The zero-order chi connectivity index (χ0) is 25.6. The highest BCUT2D eigenvalue weighted by Crippen LogP contribution is 2.55. The van der Waals surface area contributed by atoms with Crippen LogP contribution in [0, 0.1) is 19.8 Å². The van der Waals surface area contributed by atoms with Crippen molar-refractivity contribution in [3.05, 3.63) is 95.1 Å². The van der Waals surface area contributed by atoms with E-state index in [2.05, 4.69) is 41.3 Å². The van der Waals surface area contributed by atoms with Gasteiger partial charge in [-0.3, -0.25) is 24.3 Å². The van der Waals surface area contributed by atoms with Gasteiger partial charge in [-0.15, -0.1) is 11.8 Å². The molecule has 2 amide bonds.